The third kappa shape index (κ3) is 6.08. The summed E-state index contributed by atoms with van der Waals surface area (Å²) in [6, 6.07) is 20.7. The number of aryl methyl sites for hydroxylation is 1. The van der Waals surface area contributed by atoms with Gasteiger partial charge in [0, 0.05) is 24.0 Å². The summed E-state index contributed by atoms with van der Waals surface area (Å²) in [7, 11) is 0. The number of anilines is 2. The molecule has 5 rings (SSSR count). The zero-order valence-electron chi connectivity index (χ0n) is 25.6. The second-order valence-corrected chi connectivity index (χ2v) is 13.4. The Bertz CT molecular complexity index is 1420. The molecule has 2 N–H and O–H groups in total. The Kier molecular flexibility index (Phi) is 8.45. The topological polar surface area (TPSA) is 61.4 Å². The highest BCUT2D eigenvalue weighted by molar-refractivity contribution is 5.99. The van der Waals surface area contributed by atoms with E-state index in [2.05, 4.69) is 37.5 Å². The average molecular weight is 570 g/mol. The van der Waals surface area contributed by atoms with Crippen LogP contribution in [0.3, 0.4) is 0 Å². The minimum Gasteiger partial charge on any atom is -0.382 e. The Morgan fingerprint density at radius 3 is 2.29 bits per heavy atom. The minimum absolute atomic E-state index is 0.0624. The van der Waals surface area contributed by atoms with Gasteiger partial charge in [-0.25, -0.2) is 4.39 Å². The lowest BCUT2D eigenvalue weighted by molar-refractivity contribution is -0.130. The van der Waals surface area contributed by atoms with Gasteiger partial charge in [-0.05, 0) is 92.0 Å². The Labute approximate surface area is 249 Å². The zero-order chi connectivity index (χ0) is 30.1. The number of halogens is 1. The summed E-state index contributed by atoms with van der Waals surface area (Å²) >= 11 is 0. The van der Waals surface area contributed by atoms with Gasteiger partial charge in [0.25, 0.3) is 5.91 Å². The van der Waals surface area contributed by atoms with Gasteiger partial charge in [-0.15, -0.1) is 0 Å². The first-order valence-electron chi connectivity index (χ1n) is 15.3. The summed E-state index contributed by atoms with van der Waals surface area (Å²) in [5.41, 5.74) is 3.43. The van der Waals surface area contributed by atoms with Crippen molar-refractivity contribution in [2.75, 3.05) is 17.2 Å². The molecule has 0 radical (unpaired) electrons. The van der Waals surface area contributed by atoms with Crippen molar-refractivity contribution >= 4 is 23.2 Å². The van der Waals surface area contributed by atoms with Gasteiger partial charge >= 0.3 is 0 Å². The molecular weight excluding hydrogens is 525 g/mol. The molecule has 6 heteroatoms. The van der Waals surface area contributed by atoms with Gasteiger partial charge in [-0.2, -0.15) is 0 Å². The van der Waals surface area contributed by atoms with Crippen molar-refractivity contribution in [2.45, 2.75) is 90.6 Å². The van der Waals surface area contributed by atoms with E-state index in [0.717, 1.165) is 22.5 Å². The maximum atomic E-state index is 15.1. The second-order valence-electron chi connectivity index (χ2n) is 13.4. The summed E-state index contributed by atoms with van der Waals surface area (Å²) in [5.74, 6) is -1.06. The highest BCUT2D eigenvalue weighted by atomic mass is 19.1. The van der Waals surface area contributed by atoms with E-state index in [9.17, 15) is 9.59 Å². The van der Waals surface area contributed by atoms with Gasteiger partial charge in [0.05, 0.1) is 17.0 Å². The predicted molar refractivity (Wildman–Crippen MR) is 168 cm³/mol. The largest absolute Gasteiger partial charge is 0.382 e. The number of nitrogens with one attached hydrogen (secondary N) is 2. The van der Waals surface area contributed by atoms with E-state index in [0.29, 0.717) is 31.0 Å². The van der Waals surface area contributed by atoms with E-state index in [1.54, 1.807) is 24.0 Å². The van der Waals surface area contributed by atoms with Gasteiger partial charge in [0.2, 0.25) is 5.91 Å². The number of likely N-dealkylation sites (tertiary alicyclic amines) is 1. The number of hydrogen-bond donors (Lipinski definition) is 2. The van der Waals surface area contributed by atoms with Crippen LogP contribution in [0, 0.1) is 18.2 Å². The van der Waals surface area contributed by atoms with E-state index in [-0.39, 0.29) is 22.8 Å². The average Bonchev–Trinajstić information content (AvgIpc) is 3.46. The lowest BCUT2D eigenvalue weighted by atomic mass is 9.70. The highest BCUT2D eigenvalue weighted by Crippen LogP contribution is 2.47. The fraction of sp³-hybridized carbons (Fsp3) is 0.444. The molecule has 2 aliphatic rings. The summed E-state index contributed by atoms with van der Waals surface area (Å²) in [6.45, 7) is 10.6. The molecule has 1 aliphatic carbocycles. The maximum Gasteiger partial charge on any atom is 0.257 e. The Morgan fingerprint density at radius 1 is 0.929 bits per heavy atom. The third-order valence-corrected chi connectivity index (χ3v) is 9.16. The standard InChI is InChI=1S/C36H44FN3O2/c1-24-11-8-16-30(37)31(24)33(41)40-22-10-21-36(5,34(42)39-29-15-9-12-26(23-29)35(2,3)4)32(40)25-17-19-28(20-18-25)38-27-13-6-7-14-27/h8-9,11-12,15-20,23,27,32,38H,6-7,10,13-14,21-22H2,1-5H3,(H,39,42). The first-order valence-corrected chi connectivity index (χ1v) is 15.3. The molecule has 0 bridgehead atoms. The molecule has 3 aromatic rings. The highest BCUT2D eigenvalue weighted by Gasteiger charge is 2.49. The quantitative estimate of drug-likeness (QED) is 0.313. The molecule has 0 aromatic heterocycles. The number of carbonyl (C=O) groups excluding carboxylic acids is 2. The molecule has 3 aromatic carbocycles. The fourth-order valence-corrected chi connectivity index (χ4v) is 6.68. The molecule has 1 saturated heterocycles. The van der Waals surface area contributed by atoms with Crippen molar-refractivity contribution in [1.29, 1.82) is 0 Å². The van der Waals surface area contributed by atoms with Crippen molar-refractivity contribution in [1.82, 2.24) is 4.90 Å². The van der Waals surface area contributed by atoms with Crippen LogP contribution in [0.25, 0.3) is 0 Å². The summed E-state index contributed by atoms with van der Waals surface area (Å²) in [6.07, 6.45) is 6.08. The van der Waals surface area contributed by atoms with E-state index in [1.165, 1.54) is 31.7 Å². The molecule has 1 heterocycles. The van der Waals surface area contributed by atoms with Crippen LogP contribution < -0.4 is 10.6 Å². The first-order chi connectivity index (χ1) is 20.0. The number of carbonyl (C=O) groups is 2. The van der Waals surface area contributed by atoms with Crippen molar-refractivity contribution < 1.29 is 14.0 Å². The van der Waals surface area contributed by atoms with Crippen LogP contribution in [0.2, 0.25) is 0 Å². The number of benzene rings is 3. The summed E-state index contributed by atoms with van der Waals surface area (Å²) in [4.78, 5) is 30.0. The molecule has 2 atom stereocenters. The van der Waals surface area contributed by atoms with Crippen LogP contribution >= 0.6 is 0 Å². The molecule has 1 saturated carbocycles. The maximum absolute atomic E-state index is 15.1. The van der Waals surface area contributed by atoms with Crippen LogP contribution in [0.1, 0.15) is 99.3 Å². The van der Waals surface area contributed by atoms with Crippen molar-refractivity contribution in [3.05, 3.63) is 94.8 Å². The molecule has 0 spiro atoms. The van der Waals surface area contributed by atoms with E-state index in [4.69, 9.17) is 0 Å². The number of piperidine rings is 1. The van der Waals surface area contributed by atoms with Gasteiger partial charge in [0.1, 0.15) is 5.82 Å². The summed E-state index contributed by atoms with van der Waals surface area (Å²) < 4.78 is 15.1. The van der Waals surface area contributed by atoms with E-state index >= 15 is 4.39 Å². The molecule has 42 heavy (non-hydrogen) atoms. The van der Waals surface area contributed by atoms with Gasteiger partial charge in [-0.3, -0.25) is 9.59 Å². The lowest BCUT2D eigenvalue weighted by Gasteiger charge is -2.47. The van der Waals surface area contributed by atoms with E-state index < -0.39 is 17.3 Å². The van der Waals surface area contributed by atoms with Crippen molar-refractivity contribution in [3.63, 3.8) is 0 Å². The molecular formula is C36H44FN3O2. The second kappa shape index (κ2) is 11.9. The van der Waals surface area contributed by atoms with Crippen molar-refractivity contribution in [3.8, 4) is 0 Å². The van der Waals surface area contributed by atoms with Gasteiger partial charge < -0.3 is 15.5 Å². The monoisotopic (exact) mass is 569 g/mol. The van der Waals surface area contributed by atoms with Crippen molar-refractivity contribution in [2.24, 2.45) is 5.41 Å². The molecule has 2 fully saturated rings. The smallest absolute Gasteiger partial charge is 0.257 e. The SMILES string of the molecule is Cc1cccc(F)c1C(=O)N1CCCC(C)(C(=O)Nc2cccc(C(C)(C)C)c2)C1c1ccc(NC2CCCC2)cc1. The number of hydrogen-bond acceptors (Lipinski definition) is 3. The molecule has 2 amide bonds. The molecule has 2 unspecified atom stereocenters. The van der Waals surface area contributed by atoms with Gasteiger partial charge in [-0.1, -0.05) is 70.0 Å². The number of amides is 2. The molecule has 5 nitrogen and oxygen atoms in total. The predicted octanol–water partition coefficient (Wildman–Crippen LogP) is 8.41. The first kappa shape index (κ1) is 29.8. The molecule has 1 aliphatic heterocycles. The zero-order valence-corrected chi connectivity index (χ0v) is 25.6. The summed E-state index contributed by atoms with van der Waals surface area (Å²) in [5, 5.41) is 6.81. The fourth-order valence-electron chi connectivity index (χ4n) is 6.68. The van der Waals surface area contributed by atoms with Gasteiger partial charge in [0.15, 0.2) is 0 Å². The van der Waals surface area contributed by atoms with Crippen LogP contribution in [0.5, 0.6) is 0 Å². The molecule has 222 valence electrons. The van der Waals surface area contributed by atoms with Crippen LogP contribution in [-0.2, 0) is 10.2 Å². The van der Waals surface area contributed by atoms with E-state index in [1.807, 2.05) is 49.4 Å². The number of nitrogens with zero attached hydrogens (tertiary/aromatic N) is 1. The van der Waals surface area contributed by atoms with Crippen LogP contribution in [0.4, 0.5) is 15.8 Å². The Hall–Kier alpha value is -3.67. The normalized spacial score (nSPS) is 21.3. The third-order valence-electron chi connectivity index (χ3n) is 9.16. The lowest BCUT2D eigenvalue weighted by Crippen LogP contribution is -2.52. The van der Waals surface area contributed by atoms with Crippen LogP contribution in [-0.4, -0.2) is 29.3 Å². The Morgan fingerprint density at radius 2 is 1.62 bits per heavy atom. The number of rotatable bonds is 6. The minimum atomic E-state index is -0.939. The van der Waals surface area contributed by atoms with Crippen LogP contribution in [0.15, 0.2) is 66.7 Å². The Balaban J connectivity index is 1.51.